The average molecular weight is 637 g/mol. The highest BCUT2D eigenvalue weighted by molar-refractivity contribution is 7.99. The third-order valence-electron chi connectivity index (χ3n) is 6.22. The number of halogens is 3. The number of alkyl halides is 3. The van der Waals surface area contributed by atoms with Crippen molar-refractivity contribution in [2.24, 2.45) is 0 Å². The highest BCUT2D eigenvalue weighted by Gasteiger charge is 2.34. The van der Waals surface area contributed by atoms with Crippen molar-refractivity contribution in [3.8, 4) is 11.4 Å². The Balaban J connectivity index is 1.36. The van der Waals surface area contributed by atoms with Gasteiger partial charge >= 0.3 is 0 Å². The van der Waals surface area contributed by atoms with Crippen molar-refractivity contribution in [3.63, 3.8) is 0 Å². The lowest BCUT2D eigenvalue weighted by Crippen LogP contribution is -2.31. The molecule has 1 fully saturated rings. The second-order valence-electron chi connectivity index (χ2n) is 9.13. The van der Waals surface area contributed by atoms with Crippen LogP contribution in [0.5, 0.6) is 5.75 Å². The lowest BCUT2D eigenvalue weighted by molar-refractivity contribution is -0.245. The number of hydrogen-bond acceptors (Lipinski definition) is 9. The summed E-state index contributed by atoms with van der Waals surface area (Å²) in [6, 6.07) is 21.0. The quantitative estimate of drug-likeness (QED) is 0.169. The van der Waals surface area contributed by atoms with Crippen LogP contribution in [0.1, 0.15) is 35.5 Å². The summed E-state index contributed by atoms with van der Waals surface area (Å²) in [5.74, 6) is -0.132. The van der Waals surface area contributed by atoms with E-state index < -0.39 is 16.0 Å². The Labute approximate surface area is 254 Å². The van der Waals surface area contributed by atoms with Crippen molar-refractivity contribution in [2.75, 3.05) is 11.1 Å². The van der Waals surface area contributed by atoms with Gasteiger partial charge in [-0.15, -0.1) is 5.10 Å². The minimum absolute atomic E-state index is 0.0563. The number of amides is 1. The number of ether oxygens (including phenoxy) is 2. The predicted molar refractivity (Wildman–Crippen MR) is 155 cm³/mol. The topological polar surface area (TPSA) is 132 Å². The van der Waals surface area contributed by atoms with E-state index in [9.17, 15) is 15.0 Å². The first-order valence-corrected chi connectivity index (χ1v) is 14.5. The van der Waals surface area contributed by atoms with Gasteiger partial charge in [0.25, 0.3) is 9.70 Å². The Kier molecular flexibility index (Phi) is 9.35. The van der Waals surface area contributed by atoms with Gasteiger partial charge in [-0.3, -0.25) is 4.79 Å². The molecule has 3 N–H and O–H groups in total. The van der Waals surface area contributed by atoms with Crippen molar-refractivity contribution in [1.29, 1.82) is 0 Å². The number of tetrazole rings is 1. The van der Waals surface area contributed by atoms with E-state index in [1.54, 1.807) is 47.1 Å². The van der Waals surface area contributed by atoms with E-state index in [0.29, 0.717) is 34.3 Å². The van der Waals surface area contributed by atoms with Crippen LogP contribution < -0.4 is 5.32 Å². The van der Waals surface area contributed by atoms with Gasteiger partial charge in [0.1, 0.15) is 5.75 Å². The Morgan fingerprint density at radius 2 is 1.80 bits per heavy atom. The first kappa shape index (κ1) is 29.6. The molecule has 0 aliphatic carbocycles. The van der Waals surface area contributed by atoms with Gasteiger partial charge in [0.2, 0.25) is 5.16 Å². The van der Waals surface area contributed by atoms with Crippen LogP contribution in [0.3, 0.4) is 0 Å². The molecule has 2 heterocycles. The Morgan fingerprint density at radius 3 is 2.51 bits per heavy atom. The van der Waals surface area contributed by atoms with Crippen LogP contribution >= 0.6 is 46.6 Å². The maximum atomic E-state index is 12.2. The molecule has 1 aliphatic heterocycles. The third kappa shape index (κ3) is 7.49. The smallest absolute Gasteiger partial charge is 0.276 e. The fourth-order valence-electron chi connectivity index (χ4n) is 4.18. The van der Waals surface area contributed by atoms with E-state index in [4.69, 9.17) is 44.3 Å². The first-order valence-electron chi connectivity index (χ1n) is 12.4. The highest BCUT2D eigenvalue weighted by atomic mass is 35.6. The number of carbonyl (C=O) groups excluding carboxylic acids is 1. The number of hydrogen-bond donors (Lipinski definition) is 3. The molecule has 0 bridgehead atoms. The second kappa shape index (κ2) is 13.0. The molecule has 41 heavy (non-hydrogen) atoms. The largest absolute Gasteiger partial charge is 0.508 e. The zero-order valence-corrected chi connectivity index (χ0v) is 24.3. The van der Waals surface area contributed by atoms with E-state index in [-0.39, 0.29) is 24.6 Å². The molecule has 1 amide bonds. The van der Waals surface area contributed by atoms with Gasteiger partial charge in [0, 0.05) is 23.4 Å². The van der Waals surface area contributed by atoms with Crippen LogP contribution in [-0.4, -0.2) is 52.0 Å². The Morgan fingerprint density at radius 1 is 1.05 bits per heavy atom. The molecule has 1 aromatic heterocycles. The normalized spacial score (nSPS) is 19.2. The predicted octanol–water partition coefficient (Wildman–Crippen LogP) is 5.51. The van der Waals surface area contributed by atoms with Crippen molar-refractivity contribution < 1.29 is 24.5 Å². The number of phenols is 1. The summed E-state index contributed by atoms with van der Waals surface area (Å²) in [4.78, 5) is 12.2. The lowest BCUT2D eigenvalue weighted by atomic mass is 10.0. The zero-order valence-electron chi connectivity index (χ0n) is 21.2. The molecule has 1 saturated heterocycles. The van der Waals surface area contributed by atoms with Crippen LogP contribution in [0.4, 0.5) is 5.69 Å². The maximum absolute atomic E-state index is 12.2. The van der Waals surface area contributed by atoms with Gasteiger partial charge in [-0.2, -0.15) is 4.68 Å². The molecular formula is C27H24Cl3N5O5S. The van der Waals surface area contributed by atoms with Crippen molar-refractivity contribution in [1.82, 2.24) is 20.2 Å². The van der Waals surface area contributed by atoms with E-state index in [2.05, 4.69) is 20.8 Å². The fraction of sp³-hybridized carbons (Fsp3) is 0.259. The summed E-state index contributed by atoms with van der Waals surface area (Å²) in [5, 5.41) is 34.2. The zero-order chi connectivity index (χ0) is 29.0. The number of aromatic nitrogens is 4. The molecule has 0 saturated carbocycles. The van der Waals surface area contributed by atoms with E-state index in [1.165, 1.54) is 11.8 Å². The number of thioether (sulfide) groups is 1. The maximum Gasteiger partial charge on any atom is 0.276 e. The van der Waals surface area contributed by atoms with Crippen molar-refractivity contribution in [2.45, 2.75) is 40.5 Å². The van der Waals surface area contributed by atoms with Crippen LogP contribution in [0.2, 0.25) is 0 Å². The number of phenolic OH excluding ortho intramolecular Hbond substituents is 1. The number of rotatable bonds is 8. The summed E-state index contributed by atoms with van der Waals surface area (Å²) in [5.41, 5.74) is 3.51. The van der Waals surface area contributed by atoms with Crippen LogP contribution in [0.25, 0.3) is 5.69 Å². The Bertz CT molecular complexity index is 1480. The molecule has 4 aromatic rings. The van der Waals surface area contributed by atoms with Gasteiger partial charge in [-0.05, 0) is 58.0 Å². The van der Waals surface area contributed by atoms with E-state index >= 15 is 0 Å². The van der Waals surface area contributed by atoms with Crippen molar-refractivity contribution in [3.05, 3.63) is 89.5 Å². The number of aliphatic hydroxyl groups excluding tert-OH is 1. The van der Waals surface area contributed by atoms with Gasteiger partial charge < -0.3 is 25.0 Å². The molecule has 3 atom stereocenters. The third-order valence-corrected chi connectivity index (χ3v) is 7.79. The number of nitrogens with one attached hydrogen (secondary N) is 1. The van der Waals surface area contributed by atoms with Gasteiger partial charge in [0.05, 0.1) is 24.5 Å². The first-order chi connectivity index (χ1) is 19.7. The average Bonchev–Trinajstić information content (AvgIpc) is 3.45. The number of aromatic hydroxyl groups is 1. The molecule has 0 spiro atoms. The molecule has 0 radical (unpaired) electrons. The minimum atomic E-state index is -2.11. The number of aliphatic hydroxyl groups is 1. The van der Waals surface area contributed by atoms with Gasteiger partial charge in [0.15, 0.2) is 6.29 Å². The monoisotopic (exact) mass is 635 g/mol. The van der Waals surface area contributed by atoms with Crippen LogP contribution in [0.15, 0.2) is 78.0 Å². The standard InChI is InChI=1S/C27H24Cl3N5O5S/c28-27(29,30)25(38)31-19-3-1-2-18(12-19)24-39-22(13-23(40-24)17-6-4-16(14-36)5-7-17)15-41-26-32-33-34-35(26)20-8-10-21(37)11-9-20/h1-12,22-24,36-37H,13-15H2,(H,31,38). The molecule has 1 aliphatic rings. The Hall–Kier alpha value is -2.90. The summed E-state index contributed by atoms with van der Waals surface area (Å²) >= 11 is 18.5. The van der Waals surface area contributed by atoms with Crippen molar-refractivity contribution >= 4 is 58.2 Å². The molecular weight excluding hydrogens is 613 g/mol. The SMILES string of the molecule is O=C(Nc1cccc(C2OC(CSc3nnnn3-c3ccc(O)cc3)CC(c3ccc(CO)cc3)O2)c1)C(Cl)(Cl)Cl. The van der Waals surface area contributed by atoms with Crippen LogP contribution in [0, 0.1) is 0 Å². The summed E-state index contributed by atoms with van der Waals surface area (Å²) in [6.07, 6.45) is -0.813. The molecule has 214 valence electrons. The number of anilines is 1. The lowest BCUT2D eigenvalue weighted by Gasteiger charge is -2.36. The summed E-state index contributed by atoms with van der Waals surface area (Å²) in [7, 11) is 0. The number of carbonyl (C=O) groups is 1. The van der Waals surface area contributed by atoms with Crippen LogP contribution in [-0.2, 0) is 20.9 Å². The molecule has 3 aromatic carbocycles. The molecule has 5 rings (SSSR count). The highest BCUT2D eigenvalue weighted by Crippen LogP contribution is 2.40. The minimum Gasteiger partial charge on any atom is -0.508 e. The molecule has 14 heteroatoms. The number of benzene rings is 3. The van der Waals surface area contributed by atoms with Gasteiger partial charge in [-0.25, -0.2) is 0 Å². The van der Waals surface area contributed by atoms with E-state index in [0.717, 1.165) is 11.1 Å². The summed E-state index contributed by atoms with van der Waals surface area (Å²) < 4.78 is 12.2. The van der Waals surface area contributed by atoms with Gasteiger partial charge in [-0.1, -0.05) is 83.0 Å². The molecule has 10 nitrogen and oxygen atoms in total. The fourth-order valence-corrected chi connectivity index (χ4v) is 5.23. The molecule has 3 unspecified atom stereocenters. The van der Waals surface area contributed by atoms with E-state index in [1.807, 2.05) is 30.3 Å². The summed E-state index contributed by atoms with van der Waals surface area (Å²) in [6.45, 7) is -0.0563. The number of nitrogens with zero attached hydrogens (tertiary/aromatic N) is 4. The second-order valence-corrected chi connectivity index (χ2v) is 12.4.